The summed E-state index contributed by atoms with van der Waals surface area (Å²) in [7, 11) is 0. The molecule has 21 heavy (non-hydrogen) atoms. The van der Waals surface area contributed by atoms with Gasteiger partial charge in [0.2, 0.25) is 5.91 Å². The van der Waals surface area contributed by atoms with Crippen molar-refractivity contribution in [2.45, 2.75) is 37.6 Å². The minimum Gasteiger partial charge on any atom is -0.352 e. The summed E-state index contributed by atoms with van der Waals surface area (Å²) >= 11 is 1.73. The van der Waals surface area contributed by atoms with Gasteiger partial charge < -0.3 is 11.1 Å². The Morgan fingerprint density at radius 1 is 1.43 bits per heavy atom. The van der Waals surface area contributed by atoms with Gasteiger partial charge in [0.15, 0.2) is 0 Å². The maximum Gasteiger partial charge on any atom is 0.223 e. The van der Waals surface area contributed by atoms with Crippen molar-refractivity contribution in [1.29, 1.82) is 0 Å². The Labute approximate surface area is 137 Å². The third-order valence-corrected chi connectivity index (χ3v) is 5.01. The van der Waals surface area contributed by atoms with Crippen molar-refractivity contribution >= 4 is 30.1 Å². The predicted octanol–water partition coefficient (Wildman–Crippen LogP) is 3.13. The van der Waals surface area contributed by atoms with Crippen molar-refractivity contribution in [1.82, 2.24) is 5.32 Å². The number of thioether (sulfide) groups is 1. The third-order valence-electron chi connectivity index (χ3n) is 4.19. The van der Waals surface area contributed by atoms with Crippen LogP contribution < -0.4 is 11.1 Å². The highest BCUT2D eigenvalue weighted by atomic mass is 35.5. The number of amides is 1. The first-order valence-electron chi connectivity index (χ1n) is 7.27. The first kappa shape index (κ1) is 18.3. The molecule has 0 aromatic heterocycles. The molecule has 1 fully saturated rings. The minimum atomic E-state index is 0. The van der Waals surface area contributed by atoms with Gasteiger partial charge in [0.05, 0.1) is 0 Å². The molecule has 3 nitrogen and oxygen atoms in total. The van der Waals surface area contributed by atoms with Crippen LogP contribution in [-0.4, -0.2) is 18.7 Å². The van der Waals surface area contributed by atoms with Gasteiger partial charge in [0, 0.05) is 17.4 Å². The Hall–Kier alpha value is -0.710. The summed E-state index contributed by atoms with van der Waals surface area (Å²) in [6.45, 7) is 3.33. The molecule has 118 valence electrons. The number of hydrogen-bond acceptors (Lipinski definition) is 3. The Morgan fingerprint density at radius 3 is 2.86 bits per heavy atom. The molecular weight excluding hydrogens is 304 g/mol. The summed E-state index contributed by atoms with van der Waals surface area (Å²) < 4.78 is 0. The molecule has 0 aliphatic heterocycles. The molecule has 0 unspecified atom stereocenters. The second kappa shape index (κ2) is 8.66. The number of benzene rings is 1. The lowest BCUT2D eigenvalue weighted by molar-refractivity contribution is -0.126. The predicted molar refractivity (Wildman–Crippen MR) is 91.9 cm³/mol. The van der Waals surface area contributed by atoms with Crippen LogP contribution in [-0.2, 0) is 11.3 Å². The number of carbonyl (C=O) groups excluding carboxylic acids is 1. The molecule has 3 N–H and O–H groups in total. The molecule has 2 rings (SSSR count). The van der Waals surface area contributed by atoms with Crippen molar-refractivity contribution < 1.29 is 4.79 Å². The number of nitrogens with two attached hydrogens (primary N) is 1. The van der Waals surface area contributed by atoms with Crippen LogP contribution in [0.5, 0.6) is 0 Å². The van der Waals surface area contributed by atoms with E-state index in [1.807, 2.05) is 0 Å². The van der Waals surface area contributed by atoms with Gasteiger partial charge in [-0.05, 0) is 55.7 Å². The highest BCUT2D eigenvalue weighted by Gasteiger charge is 2.31. The highest BCUT2D eigenvalue weighted by molar-refractivity contribution is 7.98. The molecule has 1 aromatic rings. The summed E-state index contributed by atoms with van der Waals surface area (Å²) in [6.07, 6.45) is 5.27. The zero-order valence-corrected chi connectivity index (χ0v) is 14.4. The van der Waals surface area contributed by atoms with E-state index in [-0.39, 0.29) is 24.2 Å². The second-order valence-electron chi connectivity index (χ2n) is 5.57. The van der Waals surface area contributed by atoms with Crippen LogP contribution in [0.25, 0.3) is 0 Å². The zero-order valence-electron chi connectivity index (χ0n) is 12.7. The lowest BCUT2D eigenvalue weighted by Gasteiger charge is -2.18. The van der Waals surface area contributed by atoms with E-state index in [0.717, 1.165) is 19.3 Å². The smallest absolute Gasteiger partial charge is 0.223 e. The van der Waals surface area contributed by atoms with E-state index < -0.39 is 0 Å². The number of carbonyl (C=O) groups is 1. The fourth-order valence-electron chi connectivity index (χ4n) is 2.98. The van der Waals surface area contributed by atoms with E-state index in [4.69, 9.17) is 5.73 Å². The summed E-state index contributed by atoms with van der Waals surface area (Å²) in [5.41, 5.74) is 8.19. The first-order valence-corrected chi connectivity index (χ1v) is 8.49. The summed E-state index contributed by atoms with van der Waals surface area (Å²) in [5.74, 6) is 0.654. The molecule has 0 radical (unpaired) electrons. The average molecular weight is 329 g/mol. The Bertz CT molecular complexity index is 481. The van der Waals surface area contributed by atoms with Crippen molar-refractivity contribution in [3.63, 3.8) is 0 Å². The summed E-state index contributed by atoms with van der Waals surface area (Å²) in [4.78, 5) is 13.5. The van der Waals surface area contributed by atoms with Crippen molar-refractivity contribution in [2.24, 2.45) is 17.6 Å². The van der Waals surface area contributed by atoms with E-state index in [0.29, 0.717) is 19.0 Å². The summed E-state index contributed by atoms with van der Waals surface area (Å²) in [5, 5.41) is 3.09. The molecule has 0 bridgehead atoms. The van der Waals surface area contributed by atoms with Gasteiger partial charge in [-0.15, -0.1) is 24.2 Å². The third kappa shape index (κ3) is 4.63. The Balaban J connectivity index is 0.00000220. The van der Waals surface area contributed by atoms with Gasteiger partial charge in [-0.25, -0.2) is 0 Å². The van der Waals surface area contributed by atoms with Crippen molar-refractivity contribution in [3.05, 3.63) is 29.3 Å². The molecule has 0 saturated heterocycles. The maximum atomic E-state index is 12.3. The fraction of sp³-hybridized carbons (Fsp3) is 0.562. The van der Waals surface area contributed by atoms with Crippen LogP contribution in [0.2, 0.25) is 0 Å². The Kier molecular flexibility index (Phi) is 7.57. The Morgan fingerprint density at radius 2 is 2.19 bits per heavy atom. The maximum absolute atomic E-state index is 12.3. The molecule has 0 heterocycles. The lowest BCUT2D eigenvalue weighted by atomic mass is 9.95. The standard InChI is InChI=1S/C16H24N2OS.ClH/c1-11-6-7-13(15(8-11)20-2)10-18-16(19)14-5-3-4-12(14)9-17;/h6-8,12,14H,3-5,9-10,17H2,1-2H3,(H,18,19);1H/t12-,14-;/m1./s1. The number of halogens is 1. The van der Waals surface area contributed by atoms with Crippen LogP contribution >= 0.6 is 24.2 Å². The highest BCUT2D eigenvalue weighted by Crippen LogP contribution is 2.31. The minimum absolute atomic E-state index is 0. The van der Waals surface area contributed by atoms with Crippen LogP contribution in [0.3, 0.4) is 0 Å². The van der Waals surface area contributed by atoms with Crippen LogP contribution in [0.4, 0.5) is 0 Å². The zero-order chi connectivity index (χ0) is 14.5. The second-order valence-corrected chi connectivity index (χ2v) is 6.41. The molecule has 1 saturated carbocycles. The fourth-order valence-corrected chi connectivity index (χ4v) is 3.68. The monoisotopic (exact) mass is 328 g/mol. The van der Waals surface area contributed by atoms with E-state index >= 15 is 0 Å². The first-order chi connectivity index (χ1) is 9.65. The molecule has 1 aliphatic rings. The number of nitrogens with one attached hydrogen (secondary N) is 1. The normalized spacial score (nSPS) is 20.9. The van der Waals surface area contributed by atoms with Gasteiger partial charge >= 0.3 is 0 Å². The summed E-state index contributed by atoms with van der Waals surface area (Å²) in [6, 6.07) is 6.38. The topological polar surface area (TPSA) is 55.1 Å². The molecule has 0 spiro atoms. The van der Waals surface area contributed by atoms with E-state index in [1.165, 1.54) is 16.0 Å². The average Bonchev–Trinajstić information content (AvgIpc) is 2.94. The number of hydrogen-bond donors (Lipinski definition) is 2. The molecule has 2 atom stereocenters. The lowest BCUT2D eigenvalue weighted by Crippen LogP contribution is -2.34. The van der Waals surface area contributed by atoms with Gasteiger partial charge in [0.25, 0.3) is 0 Å². The largest absolute Gasteiger partial charge is 0.352 e. The van der Waals surface area contributed by atoms with Gasteiger partial charge in [-0.2, -0.15) is 0 Å². The quantitative estimate of drug-likeness (QED) is 0.816. The van der Waals surface area contributed by atoms with E-state index in [9.17, 15) is 4.79 Å². The van der Waals surface area contributed by atoms with Gasteiger partial charge in [0.1, 0.15) is 0 Å². The molecule has 1 aromatic carbocycles. The van der Waals surface area contributed by atoms with Crippen LogP contribution in [0, 0.1) is 18.8 Å². The molecule has 1 aliphatic carbocycles. The molecule has 1 amide bonds. The van der Waals surface area contributed by atoms with Crippen LogP contribution in [0.1, 0.15) is 30.4 Å². The molecular formula is C16H25ClN2OS. The van der Waals surface area contributed by atoms with E-state index in [1.54, 1.807) is 11.8 Å². The SMILES string of the molecule is CSc1cc(C)ccc1CNC(=O)[C@@H]1CCC[C@@H]1CN.Cl. The van der Waals surface area contributed by atoms with Crippen molar-refractivity contribution in [2.75, 3.05) is 12.8 Å². The van der Waals surface area contributed by atoms with Gasteiger partial charge in [-0.3, -0.25) is 4.79 Å². The number of rotatable bonds is 5. The van der Waals surface area contributed by atoms with Gasteiger partial charge in [-0.1, -0.05) is 18.6 Å². The van der Waals surface area contributed by atoms with Crippen molar-refractivity contribution in [3.8, 4) is 0 Å². The number of aryl methyl sites for hydroxylation is 1. The van der Waals surface area contributed by atoms with Crippen LogP contribution in [0.15, 0.2) is 23.1 Å². The molecule has 5 heteroatoms. The van der Waals surface area contributed by atoms with E-state index in [2.05, 4.69) is 36.7 Å².